The van der Waals surface area contributed by atoms with Crippen molar-refractivity contribution in [3.05, 3.63) is 11.5 Å². The first-order chi connectivity index (χ1) is 6.11. The Morgan fingerprint density at radius 2 is 2.31 bits per heavy atom. The van der Waals surface area contributed by atoms with E-state index in [9.17, 15) is 9.90 Å². The van der Waals surface area contributed by atoms with E-state index in [1.165, 1.54) is 7.11 Å². The van der Waals surface area contributed by atoms with Gasteiger partial charge in [0.15, 0.2) is 5.76 Å². The number of aliphatic hydroxyl groups is 3. The van der Waals surface area contributed by atoms with Gasteiger partial charge in [0, 0.05) is 0 Å². The maximum atomic E-state index is 10.9. The van der Waals surface area contributed by atoms with Crippen LogP contribution in [0.25, 0.3) is 0 Å². The number of hydrogen-bond donors (Lipinski definition) is 4. The molecule has 1 aliphatic rings. The predicted molar refractivity (Wildman–Crippen MR) is 41.7 cm³/mol. The van der Waals surface area contributed by atoms with Gasteiger partial charge in [-0.1, -0.05) is 0 Å². The Morgan fingerprint density at radius 1 is 1.69 bits per heavy atom. The second-order valence-electron chi connectivity index (χ2n) is 2.62. The number of methoxy groups -OCH3 is 1. The molecular weight excluding hydrogens is 178 g/mol. The van der Waals surface area contributed by atoms with Crippen molar-refractivity contribution in [2.24, 2.45) is 0 Å². The molecule has 0 aromatic rings. The van der Waals surface area contributed by atoms with Crippen LogP contribution in [0.5, 0.6) is 0 Å². The Labute approximate surface area is 74.4 Å². The molecule has 2 atom stereocenters. The number of nitrogens with one attached hydrogen (secondary N) is 1. The average Bonchev–Trinajstić information content (AvgIpc) is 2.42. The lowest BCUT2D eigenvalue weighted by Gasteiger charge is -2.17. The molecule has 0 spiro atoms. The van der Waals surface area contributed by atoms with Crippen molar-refractivity contribution in [1.29, 1.82) is 0 Å². The standard InChI is InChI=1S/C7H11NO5/c1-13-6-4(3(10)2-9)8-7(12)5(6)11/h3-4,9-11H,2H2,1H3,(H,8,12)/t3-,4-/m1/s1. The van der Waals surface area contributed by atoms with Crippen LogP contribution in [0.15, 0.2) is 11.5 Å². The van der Waals surface area contributed by atoms with Crippen molar-refractivity contribution >= 4 is 5.91 Å². The first-order valence-corrected chi connectivity index (χ1v) is 3.68. The molecular formula is C7H11NO5. The monoisotopic (exact) mass is 189 g/mol. The van der Waals surface area contributed by atoms with Gasteiger partial charge in [0.2, 0.25) is 5.76 Å². The number of ether oxygens (including phenoxy) is 1. The fourth-order valence-corrected chi connectivity index (χ4v) is 1.13. The van der Waals surface area contributed by atoms with E-state index in [2.05, 4.69) is 5.32 Å². The molecule has 0 saturated carbocycles. The lowest BCUT2D eigenvalue weighted by molar-refractivity contribution is -0.119. The van der Waals surface area contributed by atoms with Gasteiger partial charge in [-0.2, -0.15) is 0 Å². The average molecular weight is 189 g/mol. The first-order valence-electron chi connectivity index (χ1n) is 3.68. The molecule has 0 aromatic carbocycles. The van der Waals surface area contributed by atoms with Gasteiger partial charge in [0.25, 0.3) is 5.91 Å². The van der Waals surface area contributed by atoms with E-state index in [0.717, 1.165) is 0 Å². The van der Waals surface area contributed by atoms with E-state index >= 15 is 0 Å². The van der Waals surface area contributed by atoms with Crippen molar-refractivity contribution in [3.8, 4) is 0 Å². The van der Waals surface area contributed by atoms with Gasteiger partial charge >= 0.3 is 0 Å². The highest BCUT2D eigenvalue weighted by Crippen LogP contribution is 2.18. The molecule has 4 N–H and O–H groups in total. The van der Waals surface area contributed by atoms with Gasteiger partial charge in [-0.3, -0.25) is 4.79 Å². The Bertz CT molecular complexity index is 249. The normalized spacial score (nSPS) is 24.5. The summed E-state index contributed by atoms with van der Waals surface area (Å²) in [6, 6.07) is -0.873. The molecule has 13 heavy (non-hydrogen) atoms. The highest BCUT2D eigenvalue weighted by Gasteiger charge is 2.37. The van der Waals surface area contributed by atoms with Crippen molar-refractivity contribution in [2.75, 3.05) is 13.7 Å². The Morgan fingerprint density at radius 3 is 2.77 bits per heavy atom. The van der Waals surface area contributed by atoms with Gasteiger partial charge in [-0.05, 0) is 0 Å². The fraction of sp³-hybridized carbons (Fsp3) is 0.571. The second kappa shape index (κ2) is 3.63. The molecule has 0 saturated heterocycles. The van der Waals surface area contributed by atoms with Gasteiger partial charge < -0.3 is 25.4 Å². The molecule has 0 bridgehead atoms. The zero-order chi connectivity index (χ0) is 10.0. The van der Waals surface area contributed by atoms with Crippen molar-refractivity contribution < 1.29 is 24.9 Å². The van der Waals surface area contributed by atoms with Crippen LogP contribution in [0.4, 0.5) is 0 Å². The van der Waals surface area contributed by atoms with Crippen molar-refractivity contribution in [1.82, 2.24) is 5.32 Å². The molecule has 0 unspecified atom stereocenters. The van der Waals surface area contributed by atoms with E-state index in [1.54, 1.807) is 0 Å². The number of carbonyl (C=O) groups is 1. The van der Waals surface area contributed by atoms with Gasteiger partial charge in [0.05, 0.1) is 13.7 Å². The van der Waals surface area contributed by atoms with Gasteiger partial charge in [-0.15, -0.1) is 0 Å². The van der Waals surface area contributed by atoms with Crippen LogP contribution >= 0.6 is 0 Å². The molecule has 0 aromatic heterocycles. The maximum absolute atomic E-state index is 10.9. The smallest absolute Gasteiger partial charge is 0.290 e. The zero-order valence-corrected chi connectivity index (χ0v) is 7.02. The highest BCUT2D eigenvalue weighted by atomic mass is 16.5. The summed E-state index contributed by atoms with van der Waals surface area (Å²) in [5.41, 5.74) is 0. The third-order valence-corrected chi connectivity index (χ3v) is 1.81. The number of carbonyl (C=O) groups excluding carboxylic acids is 1. The van der Waals surface area contributed by atoms with Crippen LogP contribution in [0, 0.1) is 0 Å². The largest absolute Gasteiger partial charge is 0.501 e. The number of amides is 1. The second-order valence-corrected chi connectivity index (χ2v) is 2.62. The molecule has 1 amide bonds. The molecule has 0 aliphatic carbocycles. The minimum atomic E-state index is -1.18. The number of rotatable bonds is 3. The quantitative estimate of drug-likeness (QED) is 0.422. The summed E-state index contributed by atoms with van der Waals surface area (Å²) in [6.45, 7) is -0.523. The van der Waals surface area contributed by atoms with Crippen LogP contribution in [-0.4, -0.2) is 47.1 Å². The summed E-state index contributed by atoms with van der Waals surface area (Å²) >= 11 is 0. The van der Waals surface area contributed by atoms with Crippen molar-refractivity contribution in [3.63, 3.8) is 0 Å². The highest BCUT2D eigenvalue weighted by molar-refractivity contribution is 5.94. The number of hydrogen-bond acceptors (Lipinski definition) is 5. The van der Waals surface area contributed by atoms with Crippen LogP contribution in [-0.2, 0) is 9.53 Å². The van der Waals surface area contributed by atoms with Crippen LogP contribution in [0.3, 0.4) is 0 Å². The summed E-state index contributed by atoms with van der Waals surface area (Å²) in [7, 11) is 1.27. The van der Waals surface area contributed by atoms with Crippen LogP contribution in [0.1, 0.15) is 0 Å². The van der Waals surface area contributed by atoms with E-state index in [4.69, 9.17) is 14.9 Å². The van der Waals surface area contributed by atoms with Crippen LogP contribution < -0.4 is 5.32 Å². The lowest BCUT2D eigenvalue weighted by Crippen LogP contribution is -2.41. The topological polar surface area (TPSA) is 99.0 Å². The van der Waals surface area contributed by atoms with Gasteiger partial charge in [-0.25, -0.2) is 0 Å². The minimum absolute atomic E-state index is 0.0495. The van der Waals surface area contributed by atoms with E-state index in [0.29, 0.717) is 0 Å². The maximum Gasteiger partial charge on any atom is 0.290 e. The molecule has 6 nitrogen and oxygen atoms in total. The van der Waals surface area contributed by atoms with E-state index in [1.807, 2.05) is 0 Å². The predicted octanol–water partition coefficient (Wildman–Crippen LogP) is -1.75. The molecule has 1 rings (SSSR count). The summed E-state index contributed by atoms with van der Waals surface area (Å²) in [4.78, 5) is 10.9. The summed E-state index contributed by atoms with van der Waals surface area (Å²) in [5, 5.41) is 29.2. The van der Waals surface area contributed by atoms with Gasteiger partial charge in [0.1, 0.15) is 12.1 Å². The lowest BCUT2D eigenvalue weighted by atomic mass is 10.1. The number of aliphatic hydroxyl groups excluding tert-OH is 3. The molecule has 6 heteroatoms. The Kier molecular flexibility index (Phi) is 2.74. The molecule has 0 radical (unpaired) electrons. The summed E-state index contributed by atoms with van der Waals surface area (Å²) in [5.74, 6) is -1.32. The third kappa shape index (κ3) is 1.58. The summed E-state index contributed by atoms with van der Waals surface area (Å²) in [6.07, 6.45) is -1.18. The van der Waals surface area contributed by atoms with Crippen molar-refractivity contribution in [2.45, 2.75) is 12.1 Å². The molecule has 0 fully saturated rings. The summed E-state index contributed by atoms with van der Waals surface area (Å²) < 4.78 is 4.70. The van der Waals surface area contributed by atoms with Crippen LogP contribution in [0.2, 0.25) is 0 Å². The zero-order valence-electron chi connectivity index (χ0n) is 7.02. The molecule has 1 heterocycles. The van der Waals surface area contributed by atoms with E-state index < -0.39 is 30.4 Å². The SMILES string of the molecule is COC1=C(O)C(=O)N[C@@H]1[C@H](O)CO. The Hall–Kier alpha value is -1.27. The minimum Gasteiger partial charge on any atom is -0.501 e. The Balaban J connectivity index is 2.86. The molecule has 74 valence electrons. The first kappa shape index (κ1) is 9.82. The third-order valence-electron chi connectivity index (χ3n) is 1.81. The van der Waals surface area contributed by atoms with E-state index in [-0.39, 0.29) is 5.76 Å². The molecule has 1 aliphatic heterocycles. The fourth-order valence-electron chi connectivity index (χ4n) is 1.13.